The molecule has 0 aliphatic rings. The second-order valence-corrected chi connectivity index (χ2v) is 2.93. The van der Waals surface area contributed by atoms with Crippen LogP contribution in [0, 0.1) is 0 Å². The van der Waals surface area contributed by atoms with Gasteiger partial charge in [0, 0.05) is 5.88 Å². The summed E-state index contributed by atoms with van der Waals surface area (Å²) in [6, 6.07) is 3.80. The van der Waals surface area contributed by atoms with Crippen LogP contribution in [0.1, 0.15) is 26.3 Å². The van der Waals surface area contributed by atoms with Crippen LogP contribution in [-0.2, 0) is 5.88 Å². The summed E-state index contributed by atoms with van der Waals surface area (Å²) in [6.45, 7) is 0. The van der Waals surface area contributed by atoms with Gasteiger partial charge >= 0.3 is 11.9 Å². The highest BCUT2D eigenvalue weighted by Crippen LogP contribution is 2.12. The summed E-state index contributed by atoms with van der Waals surface area (Å²) in [5, 5.41) is 17.3. The zero-order chi connectivity index (χ0) is 10.7. The molecule has 0 aliphatic carbocycles. The van der Waals surface area contributed by atoms with Crippen LogP contribution in [0.5, 0.6) is 0 Å². The number of carboxylic acids is 2. The van der Waals surface area contributed by atoms with E-state index in [0.717, 1.165) is 6.07 Å². The Bertz CT molecular complexity index is 354. The van der Waals surface area contributed by atoms with Gasteiger partial charge in [0.05, 0.1) is 11.1 Å². The van der Waals surface area contributed by atoms with Gasteiger partial charge in [-0.2, -0.15) is 0 Å². The van der Waals surface area contributed by atoms with Crippen LogP contribution < -0.4 is 0 Å². The van der Waals surface area contributed by atoms with Crippen molar-refractivity contribution in [3.8, 4) is 0 Å². The average Bonchev–Trinajstić information content (AvgIpc) is 2.16. The number of carboxylic acid groups (broad SMARTS) is 2. The number of halogens is 1. The van der Waals surface area contributed by atoms with Crippen LogP contribution in [0.3, 0.4) is 0 Å². The van der Waals surface area contributed by atoms with Crippen LogP contribution in [0.15, 0.2) is 18.2 Å². The van der Waals surface area contributed by atoms with E-state index in [9.17, 15) is 9.59 Å². The molecule has 1 rings (SSSR count). The molecule has 0 atom stereocenters. The molecule has 0 spiro atoms. The van der Waals surface area contributed by atoms with Gasteiger partial charge in [-0.3, -0.25) is 0 Å². The smallest absolute Gasteiger partial charge is 0.335 e. The summed E-state index contributed by atoms with van der Waals surface area (Å²) < 4.78 is 0. The van der Waals surface area contributed by atoms with Crippen molar-refractivity contribution >= 4 is 23.5 Å². The Morgan fingerprint density at radius 1 is 1.07 bits per heavy atom. The molecule has 0 heterocycles. The minimum Gasteiger partial charge on any atom is -0.478 e. The average molecular weight is 215 g/mol. The molecule has 0 saturated carbocycles. The number of benzene rings is 1. The van der Waals surface area contributed by atoms with Gasteiger partial charge in [0.2, 0.25) is 0 Å². The summed E-state index contributed by atoms with van der Waals surface area (Å²) in [5.41, 5.74) is 0.338. The van der Waals surface area contributed by atoms with Crippen molar-refractivity contribution in [1.29, 1.82) is 0 Å². The first-order valence-corrected chi connectivity index (χ1v) is 4.24. The third-order valence-electron chi connectivity index (χ3n) is 1.64. The van der Waals surface area contributed by atoms with Gasteiger partial charge in [0.15, 0.2) is 0 Å². The lowest BCUT2D eigenvalue weighted by Crippen LogP contribution is -2.03. The van der Waals surface area contributed by atoms with Gasteiger partial charge < -0.3 is 10.2 Å². The molecular formula is C9H7ClO4. The van der Waals surface area contributed by atoms with E-state index in [1.54, 1.807) is 0 Å². The normalized spacial score (nSPS) is 9.79. The molecule has 0 radical (unpaired) electrons. The third kappa shape index (κ3) is 2.23. The molecule has 0 saturated heterocycles. The van der Waals surface area contributed by atoms with Crippen molar-refractivity contribution < 1.29 is 19.8 Å². The zero-order valence-corrected chi connectivity index (χ0v) is 7.78. The molecule has 4 nitrogen and oxygen atoms in total. The first-order chi connectivity index (χ1) is 6.54. The Hall–Kier alpha value is -1.55. The number of hydrogen-bond donors (Lipinski definition) is 2. The van der Waals surface area contributed by atoms with Crippen molar-refractivity contribution in [3.63, 3.8) is 0 Å². The Morgan fingerprint density at radius 2 is 1.50 bits per heavy atom. The minimum absolute atomic E-state index is 0.0689. The fourth-order valence-electron chi connectivity index (χ4n) is 1.02. The maximum Gasteiger partial charge on any atom is 0.335 e. The molecule has 1 aromatic carbocycles. The number of rotatable bonds is 3. The van der Waals surface area contributed by atoms with Crippen molar-refractivity contribution in [1.82, 2.24) is 0 Å². The summed E-state index contributed by atoms with van der Waals surface area (Å²) in [4.78, 5) is 21.2. The van der Waals surface area contributed by atoms with Crippen LogP contribution >= 0.6 is 11.6 Å². The fraction of sp³-hybridized carbons (Fsp3) is 0.111. The molecule has 5 heteroatoms. The quantitative estimate of drug-likeness (QED) is 0.753. The SMILES string of the molecule is O=C(O)c1cc(CCl)cc(C(=O)O)c1. The van der Waals surface area contributed by atoms with Gasteiger partial charge in [-0.25, -0.2) is 9.59 Å². The molecular weight excluding hydrogens is 208 g/mol. The summed E-state index contributed by atoms with van der Waals surface area (Å²) in [7, 11) is 0. The summed E-state index contributed by atoms with van der Waals surface area (Å²) in [5.74, 6) is -2.25. The topological polar surface area (TPSA) is 74.6 Å². The lowest BCUT2D eigenvalue weighted by molar-refractivity contribution is 0.0696. The van der Waals surface area contributed by atoms with Crippen LogP contribution in [-0.4, -0.2) is 22.2 Å². The molecule has 0 aromatic heterocycles. The monoisotopic (exact) mass is 214 g/mol. The number of alkyl halides is 1. The van der Waals surface area contributed by atoms with Gasteiger partial charge in [-0.15, -0.1) is 11.6 Å². The van der Waals surface area contributed by atoms with Crippen molar-refractivity contribution in [2.24, 2.45) is 0 Å². The van der Waals surface area contributed by atoms with E-state index in [1.165, 1.54) is 12.1 Å². The van der Waals surface area contributed by atoms with E-state index in [1.807, 2.05) is 0 Å². The second-order valence-electron chi connectivity index (χ2n) is 2.66. The standard InChI is InChI=1S/C9H7ClO4/c10-4-5-1-6(8(11)12)3-7(2-5)9(13)14/h1-3H,4H2,(H,11,12)(H,13,14). The van der Waals surface area contributed by atoms with E-state index >= 15 is 0 Å². The summed E-state index contributed by atoms with van der Waals surface area (Å²) in [6.07, 6.45) is 0. The third-order valence-corrected chi connectivity index (χ3v) is 1.95. The van der Waals surface area contributed by atoms with E-state index in [-0.39, 0.29) is 17.0 Å². The molecule has 0 aliphatic heterocycles. The maximum atomic E-state index is 10.6. The first-order valence-electron chi connectivity index (χ1n) is 3.71. The lowest BCUT2D eigenvalue weighted by Gasteiger charge is -2.01. The highest BCUT2D eigenvalue weighted by Gasteiger charge is 2.10. The highest BCUT2D eigenvalue weighted by atomic mass is 35.5. The van der Waals surface area contributed by atoms with E-state index in [0.29, 0.717) is 5.56 Å². The number of aromatic carboxylic acids is 2. The van der Waals surface area contributed by atoms with Crippen molar-refractivity contribution in [3.05, 3.63) is 34.9 Å². The van der Waals surface area contributed by atoms with Gasteiger partial charge in [0.1, 0.15) is 0 Å². The van der Waals surface area contributed by atoms with Gasteiger partial charge in [-0.1, -0.05) is 0 Å². The largest absolute Gasteiger partial charge is 0.478 e. The molecule has 0 fully saturated rings. The van der Waals surface area contributed by atoms with Crippen LogP contribution in [0.2, 0.25) is 0 Å². The fourth-order valence-corrected chi connectivity index (χ4v) is 1.17. The number of carbonyl (C=O) groups is 2. The first kappa shape index (κ1) is 10.5. The molecule has 0 bridgehead atoms. The number of hydrogen-bond acceptors (Lipinski definition) is 2. The van der Waals surface area contributed by atoms with E-state index in [4.69, 9.17) is 21.8 Å². The predicted molar refractivity (Wildman–Crippen MR) is 49.9 cm³/mol. The second kappa shape index (κ2) is 4.11. The van der Waals surface area contributed by atoms with Crippen LogP contribution in [0.25, 0.3) is 0 Å². The minimum atomic E-state index is -1.17. The Labute approximate surface area is 84.7 Å². The summed E-state index contributed by atoms with van der Waals surface area (Å²) >= 11 is 5.49. The maximum absolute atomic E-state index is 10.6. The molecule has 1 aromatic rings. The molecule has 2 N–H and O–H groups in total. The van der Waals surface area contributed by atoms with E-state index < -0.39 is 11.9 Å². The van der Waals surface area contributed by atoms with E-state index in [2.05, 4.69) is 0 Å². The van der Waals surface area contributed by atoms with Crippen LogP contribution in [0.4, 0.5) is 0 Å². The van der Waals surface area contributed by atoms with Gasteiger partial charge in [-0.05, 0) is 23.8 Å². The van der Waals surface area contributed by atoms with Gasteiger partial charge in [0.25, 0.3) is 0 Å². The predicted octanol–water partition coefficient (Wildman–Crippen LogP) is 1.82. The molecule has 14 heavy (non-hydrogen) atoms. The van der Waals surface area contributed by atoms with Crippen molar-refractivity contribution in [2.75, 3.05) is 0 Å². The Balaban J connectivity index is 3.27. The lowest BCUT2D eigenvalue weighted by atomic mass is 10.1. The Morgan fingerprint density at radius 3 is 1.79 bits per heavy atom. The zero-order valence-electron chi connectivity index (χ0n) is 7.03. The van der Waals surface area contributed by atoms with Crippen molar-refractivity contribution in [2.45, 2.75) is 5.88 Å². The Kier molecular flexibility index (Phi) is 3.09. The molecule has 0 unspecified atom stereocenters. The molecule has 0 amide bonds. The highest BCUT2D eigenvalue weighted by molar-refractivity contribution is 6.17. The molecule has 74 valence electrons.